The van der Waals surface area contributed by atoms with E-state index in [1.165, 1.54) is 68.4 Å². The predicted octanol–water partition coefficient (Wildman–Crippen LogP) is 4.67. The molecule has 1 aliphatic heterocycles. The molecule has 2 aliphatic rings. The molecule has 1 aromatic heterocycles. The average molecular weight is 540 g/mol. The number of aromatic nitrogens is 2. The zero-order chi connectivity index (χ0) is 26.4. The van der Waals surface area contributed by atoms with Gasteiger partial charge in [0.1, 0.15) is 5.82 Å². The van der Waals surface area contributed by atoms with Gasteiger partial charge in [-0.3, -0.25) is 4.90 Å². The van der Waals surface area contributed by atoms with Gasteiger partial charge in [-0.05, 0) is 75.4 Å². The monoisotopic (exact) mass is 539 g/mol. The maximum absolute atomic E-state index is 4.85. The second-order valence-corrected chi connectivity index (χ2v) is 11.8. The second kappa shape index (κ2) is 16.3. The number of thioether (sulfide) groups is 1. The van der Waals surface area contributed by atoms with Crippen molar-refractivity contribution in [2.75, 3.05) is 68.0 Å². The number of aryl methyl sites for hydroxylation is 1. The maximum atomic E-state index is 4.85. The Hall–Kier alpha value is -1.87. The fraction of sp³-hybridized carbons (Fsp3) is 0.667. The summed E-state index contributed by atoms with van der Waals surface area (Å²) in [5.74, 6) is 3.01. The first-order chi connectivity index (χ1) is 18.7. The van der Waals surface area contributed by atoms with Crippen molar-refractivity contribution in [3.8, 4) is 0 Å². The van der Waals surface area contributed by atoms with E-state index in [2.05, 4.69) is 74.2 Å². The molecule has 2 heterocycles. The van der Waals surface area contributed by atoms with E-state index < -0.39 is 0 Å². The lowest BCUT2D eigenvalue weighted by atomic mass is 9.95. The van der Waals surface area contributed by atoms with Crippen molar-refractivity contribution < 1.29 is 0 Å². The van der Waals surface area contributed by atoms with E-state index in [9.17, 15) is 0 Å². The van der Waals surface area contributed by atoms with Crippen LogP contribution in [-0.2, 0) is 13.1 Å². The van der Waals surface area contributed by atoms with Gasteiger partial charge in [0.2, 0.25) is 5.95 Å². The molecule has 0 amide bonds. The summed E-state index contributed by atoms with van der Waals surface area (Å²) < 4.78 is 0. The number of hydrogen-bond acceptors (Lipinski definition) is 8. The first kappa shape index (κ1) is 29.1. The van der Waals surface area contributed by atoms with E-state index >= 15 is 0 Å². The van der Waals surface area contributed by atoms with Crippen molar-refractivity contribution in [1.82, 2.24) is 25.5 Å². The second-order valence-electron chi connectivity index (χ2n) is 10.9. The minimum absolute atomic E-state index is 0.718. The van der Waals surface area contributed by atoms with Crippen LogP contribution in [0.4, 0.5) is 11.8 Å². The summed E-state index contributed by atoms with van der Waals surface area (Å²) >= 11 is 1.94. The first-order valence-corrected chi connectivity index (χ1v) is 16.2. The summed E-state index contributed by atoms with van der Waals surface area (Å²) in [5, 5.41) is 10.8. The lowest BCUT2D eigenvalue weighted by Crippen LogP contribution is -2.47. The number of anilines is 2. The van der Waals surface area contributed by atoms with Crippen molar-refractivity contribution >= 4 is 23.5 Å². The van der Waals surface area contributed by atoms with E-state index in [-0.39, 0.29) is 0 Å². The number of rotatable bonds is 15. The van der Waals surface area contributed by atoms with E-state index in [1.807, 2.05) is 11.8 Å². The third kappa shape index (κ3) is 10.0. The molecule has 3 N–H and O–H groups in total. The van der Waals surface area contributed by atoms with Crippen LogP contribution in [0.2, 0.25) is 0 Å². The van der Waals surface area contributed by atoms with Crippen LogP contribution in [0.5, 0.6) is 0 Å². The summed E-state index contributed by atoms with van der Waals surface area (Å²) in [5.41, 5.74) is 3.59. The van der Waals surface area contributed by atoms with Gasteiger partial charge >= 0.3 is 0 Å². The van der Waals surface area contributed by atoms with Gasteiger partial charge in [0.15, 0.2) is 0 Å². The summed E-state index contributed by atoms with van der Waals surface area (Å²) in [7, 11) is 0. The molecule has 0 unspecified atom stereocenters. The summed E-state index contributed by atoms with van der Waals surface area (Å²) in [6.45, 7) is 11.4. The molecule has 1 aromatic carbocycles. The number of nitrogens with zero attached hydrogens (tertiary/aromatic N) is 4. The largest absolute Gasteiger partial charge is 0.354 e. The minimum atomic E-state index is 0.718. The Balaban J connectivity index is 1.15. The SMILES string of the molecule is CSCCCN1CCN(c2cc(C)nc(NCc3ccc(CNCCCNC4CCCCC4)cc3)n2)CC1. The van der Waals surface area contributed by atoms with Crippen molar-refractivity contribution in [2.45, 2.75) is 71.0 Å². The molecule has 1 aliphatic carbocycles. The lowest BCUT2D eigenvalue weighted by molar-refractivity contribution is 0.258. The molecule has 210 valence electrons. The van der Waals surface area contributed by atoms with E-state index in [0.717, 1.165) is 75.9 Å². The van der Waals surface area contributed by atoms with Crippen LogP contribution in [0.15, 0.2) is 30.3 Å². The third-order valence-corrected chi connectivity index (χ3v) is 8.43. The quantitative estimate of drug-likeness (QED) is 0.282. The molecule has 1 saturated heterocycles. The molecule has 38 heavy (non-hydrogen) atoms. The van der Waals surface area contributed by atoms with Crippen molar-refractivity contribution in [1.29, 1.82) is 0 Å². The van der Waals surface area contributed by atoms with E-state index in [4.69, 9.17) is 4.98 Å². The van der Waals surface area contributed by atoms with Crippen molar-refractivity contribution in [2.24, 2.45) is 0 Å². The molecule has 2 fully saturated rings. The molecule has 4 rings (SSSR count). The molecule has 0 radical (unpaired) electrons. The Labute approximate surface area is 235 Å². The number of hydrogen-bond donors (Lipinski definition) is 3. The highest BCUT2D eigenvalue weighted by Gasteiger charge is 2.18. The van der Waals surface area contributed by atoms with Gasteiger partial charge in [0.05, 0.1) is 0 Å². The van der Waals surface area contributed by atoms with Crippen LogP contribution in [0, 0.1) is 6.92 Å². The van der Waals surface area contributed by atoms with Crippen LogP contribution >= 0.6 is 11.8 Å². The molecule has 8 heteroatoms. The first-order valence-electron chi connectivity index (χ1n) is 14.8. The predicted molar refractivity (Wildman–Crippen MR) is 163 cm³/mol. The maximum Gasteiger partial charge on any atom is 0.225 e. The van der Waals surface area contributed by atoms with Gasteiger partial charge in [-0.1, -0.05) is 43.5 Å². The van der Waals surface area contributed by atoms with Crippen molar-refractivity contribution in [3.63, 3.8) is 0 Å². The van der Waals surface area contributed by atoms with Crippen LogP contribution < -0.4 is 20.9 Å². The van der Waals surface area contributed by atoms with Crippen LogP contribution in [-0.4, -0.2) is 78.7 Å². The molecular formula is C30H49N7S. The highest BCUT2D eigenvalue weighted by atomic mass is 32.2. The normalized spacial score (nSPS) is 17.2. The van der Waals surface area contributed by atoms with Crippen LogP contribution in [0.3, 0.4) is 0 Å². The highest BCUT2D eigenvalue weighted by molar-refractivity contribution is 7.98. The molecule has 2 aromatic rings. The van der Waals surface area contributed by atoms with Crippen molar-refractivity contribution in [3.05, 3.63) is 47.2 Å². The van der Waals surface area contributed by atoms with Gasteiger partial charge in [0, 0.05) is 57.1 Å². The Morgan fingerprint density at radius 2 is 1.63 bits per heavy atom. The van der Waals surface area contributed by atoms with Gasteiger partial charge < -0.3 is 20.9 Å². The fourth-order valence-electron chi connectivity index (χ4n) is 5.44. The Bertz CT molecular complexity index is 925. The number of nitrogens with one attached hydrogen (secondary N) is 3. The lowest BCUT2D eigenvalue weighted by Gasteiger charge is -2.35. The summed E-state index contributed by atoms with van der Waals surface area (Å²) in [6.07, 6.45) is 11.6. The topological polar surface area (TPSA) is 68.3 Å². The molecule has 0 bridgehead atoms. The molecule has 1 saturated carbocycles. The minimum Gasteiger partial charge on any atom is -0.354 e. The van der Waals surface area contributed by atoms with Crippen LogP contribution in [0.1, 0.15) is 61.8 Å². The van der Waals surface area contributed by atoms with Gasteiger partial charge in [-0.25, -0.2) is 4.98 Å². The highest BCUT2D eigenvalue weighted by Crippen LogP contribution is 2.19. The fourth-order valence-corrected chi connectivity index (χ4v) is 5.86. The molecule has 0 atom stereocenters. The van der Waals surface area contributed by atoms with Gasteiger partial charge in [-0.15, -0.1) is 0 Å². The Kier molecular flexibility index (Phi) is 12.5. The molecule has 7 nitrogen and oxygen atoms in total. The third-order valence-electron chi connectivity index (χ3n) is 7.73. The van der Waals surface area contributed by atoms with E-state index in [0.29, 0.717) is 0 Å². The summed E-state index contributed by atoms with van der Waals surface area (Å²) in [6, 6.07) is 11.7. The Morgan fingerprint density at radius 1 is 0.895 bits per heavy atom. The molecular weight excluding hydrogens is 490 g/mol. The zero-order valence-electron chi connectivity index (χ0n) is 23.7. The number of piperazine rings is 1. The number of benzene rings is 1. The molecule has 0 spiro atoms. The standard InChI is InChI=1S/C30H49N7S/c1-25-22-29(37-19-17-36(18-20-37)16-7-21-38-2)35-30(34-25)33-24-27-12-10-26(11-13-27)23-31-14-6-15-32-28-8-4-3-5-9-28/h10-13,22,28,31-32H,3-9,14-21,23-24H2,1-2H3,(H,33,34,35). The average Bonchev–Trinajstić information content (AvgIpc) is 2.95. The zero-order valence-corrected chi connectivity index (χ0v) is 24.5. The van der Waals surface area contributed by atoms with E-state index in [1.54, 1.807) is 0 Å². The van der Waals surface area contributed by atoms with Crippen LogP contribution in [0.25, 0.3) is 0 Å². The van der Waals surface area contributed by atoms with Gasteiger partial charge in [-0.2, -0.15) is 16.7 Å². The Morgan fingerprint density at radius 3 is 2.37 bits per heavy atom. The van der Waals surface area contributed by atoms with Gasteiger partial charge in [0.25, 0.3) is 0 Å². The smallest absolute Gasteiger partial charge is 0.225 e. The summed E-state index contributed by atoms with van der Waals surface area (Å²) in [4.78, 5) is 14.5.